The summed E-state index contributed by atoms with van der Waals surface area (Å²) in [4.78, 5) is 25.3. The zero-order chi connectivity index (χ0) is 26.4. The molecule has 0 aliphatic heterocycles. The minimum absolute atomic E-state index is 0.119. The third-order valence-electron chi connectivity index (χ3n) is 6.74. The van der Waals surface area contributed by atoms with Crippen LogP contribution in [0.1, 0.15) is 51.9 Å². The summed E-state index contributed by atoms with van der Waals surface area (Å²) in [5.41, 5.74) is -0.00631. The molecule has 0 aliphatic rings. The molecular weight excluding hydrogens is 477 g/mol. The minimum Gasteiger partial charge on any atom is -0.516 e. The van der Waals surface area contributed by atoms with Crippen molar-refractivity contribution < 1.29 is 36.0 Å². The van der Waals surface area contributed by atoms with Crippen LogP contribution in [0.25, 0.3) is 0 Å². The van der Waals surface area contributed by atoms with Crippen molar-refractivity contribution in [3.8, 4) is 0 Å². The summed E-state index contributed by atoms with van der Waals surface area (Å²) in [6, 6.07) is 4.99. The summed E-state index contributed by atoms with van der Waals surface area (Å²) in [5.74, 6) is -8.49. The first-order valence-corrected chi connectivity index (χ1v) is 16.4. The maximum Gasteiger partial charge on any atom is 0.463 e. The van der Waals surface area contributed by atoms with Crippen molar-refractivity contribution in [3.63, 3.8) is 0 Å². The number of rotatable bonds is 5. The maximum atomic E-state index is 14.1. The van der Waals surface area contributed by atoms with Gasteiger partial charge >= 0.3 is 18.1 Å². The Morgan fingerprint density at radius 3 is 1.55 bits per heavy atom. The Kier molecular flexibility index (Phi) is 7.80. The number of halogens is 5. The van der Waals surface area contributed by atoms with Crippen LogP contribution in [0.15, 0.2) is 24.3 Å². The van der Waals surface area contributed by atoms with Gasteiger partial charge in [0.15, 0.2) is 8.24 Å². The first-order valence-electron chi connectivity index (χ1n) is 10.5. The topological polar surface area (TPSA) is 46.6 Å². The number of anilines is 1. The lowest BCUT2D eigenvalue weighted by molar-refractivity contribution is -0.268. The molecule has 4 nitrogen and oxygen atoms in total. The SMILES string of the molecule is CC(C)(C)[Si](C)(C)OC(=O)c1ccc(N(C(=O)C(F)(F)C(F)(F)F)[Si](C)(C)C(C)(C)C)cc1. The van der Waals surface area contributed by atoms with Gasteiger partial charge in [-0.3, -0.25) is 4.79 Å². The lowest BCUT2D eigenvalue weighted by Crippen LogP contribution is -2.64. The van der Waals surface area contributed by atoms with Gasteiger partial charge in [0.2, 0.25) is 0 Å². The molecule has 33 heavy (non-hydrogen) atoms. The molecule has 1 rings (SSSR count). The Bertz CT molecular complexity index is 883. The third-order valence-corrected chi connectivity index (χ3v) is 16.3. The Morgan fingerprint density at radius 1 is 0.788 bits per heavy atom. The van der Waals surface area contributed by atoms with Gasteiger partial charge < -0.3 is 8.99 Å². The average Bonchev–Trinajstić information content (AvgIpc) is 2.58. The van der Waals surface area contributed by atoms with Crippen LogP contribution in [0.2, 0.25) is 36.3 Å². The number of nitrogens with zero attached hydrogens (tertiary/aromatic N) is 1. The zero-order valence-electron chi connectivity index (χ0n) is 20.9. The third kappa shape index (κ3) is 5.85. The molecular formula is C22H34F5NO3Si2. The summed E-state index contributed by atoms with van der Waals surface area (Å²) in [7, 11) is -5.68. The van der Waals surface area contributed by atoms with Crippen molar-refractivity contribution in [2.24, 2.45) is 0 Å². The molecule has 188 valence electrons. The van der Waals surface area contributed by atoms with E-state index in [0.29, 0.717) is 4.57 Å². The number of carbonyl (C=O) groups is 2. The van der Waals surface area contributed by atoms with Crippen LogP contribution in [-0.4, -0.2) is 40.5 Å². The second-order valence-electron chi connectivity index (χ2n) is 11.2. The highest BCUT2D eigenvalue weighted by atomic mass is 28.4. The second-order valence-corrected chi connectivity index (χ2v) is 21.0. The molecule has 0 unspecified atom stereocenters. The predicted molar refractivity (Wildman–Crippen MR) is 125 cm³/mol. The monoisotopic (exact) mass is 511 g/mol. The Labute approximate surface area is 194 Å². The standard InChI is InChI=1S/C22H34F5NO3Si2/c1-19(2,3)32(7,8)28(18(30)21(23,24)22(25,26)27)16-13-11-15(12-14-16)17(29)31-33(9,10)20(4,5)6/h11-14H,1-10H3. The Hall–Kier alpha value is -1.76. The van der Waals surface area contributed by atoms with Gasteiger partial charge in [0, 0.05) is 5.69 Å². The van der Waals surface area contributed by atoms with Gasteiger partial charge in [-0.1, -0.05) is 54.6 Å². The molecule has 0 N–H and O–H groups in total. The molecule has 0 atom stereocenters. The highest BCUT2D eigenvalue weighted by Gasteiger charge is 2.66. The van der Waals surface area contributed by atoms with Crippen molar-refractivity contribution in [1.82, 2.24) is 0 Å². The molecule has 1 aromatic rings. The minimum atomic E-state index is -6.03. The van der Waals surface area contributed by atoms with E-state index in [9.17, 15) is 31.5 Å². The second kappa shape index (κ2) is 8.79. The van der Waals surface area contributed by atoms with Crippen molar-refractivity contribution in [2.75, 3.05) is 4.57 Å². The number of alkyl halides is 5. The molecule has 0 radical (unpaired) electrons. The van der Waals surface area contributed by atoms with Crippen molar-refractivity contribution in [3.05, 3.63) is 29.8 Å². The highest BCUT2D eigenvalue weighted by Crippen LogP contribution is 2.45. The summed E-state index contributed by atoms with van der Waals surface area (Å²) < 4.78 is 73.6. The van der Waals surface area contributed by atoms with E-state index < -0.39 is 45.6 Å². The first kappa shape index (κ1) is 29.3. The molecule has 0 bridgehead atoms. The van der Waals surface area contributed by atoms with Crippen molar-refractivity contribution in [1.29, 1.82) is 0 Å². The number of hydrogen-bond donors (Lipinski definition) is 0. The molecule has 0 saturated carbocycles. The van der Waals surface area contributed by atoms with E-state index in [-0.39, 0.29) is 16.3 Å². The smallest absolute Gasteiger partial charge is 0.463 e. The number of hydrogen-bond acceptors (Lipinski definition) is 3. The first-order chi connectivity index (χ1) is 14.4. The van der Waals surface area contributed by atoms with E-state index >= 15 is 0 Å². The molecule has 0 heterocycles. The molecule has 0 saturated heterocycles. The molecule has 0 aliphatic carbocycles. The quantitative estimate of drug-likeness (QED) is 0.306. The Balaban J connectivity index is 3.49. The molecule has 11 heteroatoms. The van der Waals surface area contributed by atoms with Gasteiger partial charge in [0.1, 0.15) is 0 Å². The van der Waals surface area contributed by atoms with E-state index in [4.69, 9.17) is 4.43 Å². The molecule has 0 aromatic heterocycles. The van der Waals surface area contributed by atoms with Crippen molar-refractivity contribution >= 4 is 34.1 Å². The number of amides is 1. The van der Waals surface area contributed by atoms with Crippen LogP contribution in [0.5, 0.6) is 0 Å². The fourth-order valence-electron chi connectivity index (χ4n) is 2.48. The van der Waals surface area contributed by atoms with Gasteiger partial charge in [-0.2, -0.15) is 22.0 Å². The zero-order valence-corrected chi connectivity index (χ0v) is 22.9. The summed E-state index contributed by atoms with van der Waals surface area (Å²) >= 11 is 0. The number of carbonyl (C=O) groups excluding carboxylic acids is 2. The molecule has 1 aromatic carbocycles. The maximum absolute atomic E-state index is 14.1. The van der Waals surface area contributed by atoms with E-state index in [1.165, 1.54) is 24.3 Å². The van der Waals surface area contributed by atoms with Crippen molar-refractivity contribution in [2.45, 2.75) is 89.9 Å². The molecule has 0 spiro atoms. The van der Waals surface area contributed by atoms with E-state index in [2.05, 4.69) is 0 Å². The lowest BCUT2D eigenvalue weighted by atomic mass is 10.2. The van der Waals surface area contributed by atoms with Crippen LogP contribution in [0.3, 0.4) is 0 Å². The van der Waals surface area contributed by atoms with Gasteiger partial charge in [0.05, 0.1) is 5.56 Å². The summed E-state index contributed by atoms with van der Waals surface area (Å²) in [6.07, 6.45) is -6.03. The van der Waals surface area contributed by atoms with Gasteiger partial charge in [-0.05, 0) is 47.4 Å². The van der Waals surface area contributed by atoms with Gasteiger partial charge in [0.25, 0.3) is 14.2 Å². The van der Waals surface area contributed by atoms with Gasteiger partial charge in [-0.15, -0.1) is 0 Å². The van der Waals surface area contributed by atoms with E-state index in [1.807, 2.05) is 33.9 Å². The summed E-state index contributed by atoms with van der Waals surface area (Å²) in [6.45, 7) is 17.8. The normalized spacial score (nSPS) is 14.2. The van der Waals surface area contributed by atoms with E-state index in [1.54, 1.807) is 33.9 Å². The molecule has 0 fully saturated rings. The van der Waals surface area contributed by atoms with E-state index in [0.717, 1.165) is 0 Å². The highest BCUT2D eigenvalue weighted by molar-refractivity contribution is 6.86. The molecule has 1 amide bonds. The fourth-order valence-corrected chi connectivity index (χ4v) is 5.48. The van der Waals surface area contributed by atoms with Crippen LogP contribution in [-0.2, 0) is 9.22 Å². The Morgan fingerprint density at radius 2 is 1.21 bits per heavy atom. The average molecular weight is 512 g/mol. The van der Waals surface area contributed by atoms with Crippen LogP contribution < -0.4 is 4.57 Å². The summed E-state index contributed by atoms with van der Waals surface area (Å²) in [5, 5.41) is -0.971. The predicted octanol–water partition coefficient (Wildman–Crippen LogP) is 7.38. The largest absolute Gasteiger partial charge is 0.516 e. The van der Waals surface area contributed by atoms with Crippen LogP contribution in [0, 0.1) is 0 Å². The number of benzene rings is 1. The van der Waals surface area contributed by atoms with Crippen LogP contribution in [0.4, 0.5) is 27.6 Å². The van der Waals surface area contributed by atoms with Gasteiger partial charge in [-0.25, -0.2) is 4.79 Å². The van der Waals surface area contributed by atoms with Crippen LogP contribution >= 0.6 is 0 Å². The fraction of sp³-hybridized carbons (Fsp3) is 0.636. The lowest BCUT2D eigenvalue weighted by Gasteiger charge is -2.46.